The molecule has 1 aliphatic rings. The van der Waals surface area contributed by atoms with Crippen LogP contribution in [0.2, 0.25) is 0 Å². The molecule has 0 bridgehead atoms. The second kappa shape index (κ2) is 5.20. The van der Waals surface area contributed by atoms with Crippen molar-refractivity contribution in [3.63, 3.8) is 0 Å². The van der Waals surface area contributed by atoms with Gasteiger partial charge in [0.2, 0.25) is 0 Å². The Bertz CT molecular complexity index is 317. The van der Waals surface area contributed by atoms with Crippen LogP contribution in [0.3, 0.4) is 0 Å². The minimum atomic E-state index is 1.14. The van der Waals surface area contributed by atoms with E-state index in [1.165, 1.54) is 55.3 Å². The molecular formula is C14H21N. The zero-order valence-corrected chi connectivity index (χ0v) is 9.68. The van der Waals surface area contributed by atoms with E-state index in [4.69, 9.17) is 0 Å². The zero-order valence-electron chi connectivity index (χ0n) is 9.68. The molecule has 0 fully saturated rings. The highest BCUT2D eigenvalue weighted by Gasteiger charge is 2.07. The van der Waals surface area contributed by atoms with Gasteiger partial charge in [0.25, 0.3) is 0 Å². The molecule has 0 unspecified atom stereocenters. The number of hydrogen-bond donors (Lipinski definition) is 1. The molecule has 1 heteroatoms. The average Bonchev–Trinajstić information content (AvgIpc) is 2.50. The number of aryl methyl sites for hydroxylation is 2. The summed E-state index contributed by atoms with van der Waals surface area (Å²) >= 11 is 0. The molecule has 0 amide bonds. The van der Waals surface area contributed by atoms with E-state index in [1.807, 2.05) is 0 Å². The zero-order chi connectivity index (χ0) is 10.5. The second-order valence-electron chi connectivity index (χ2n) is 4.48. The molecule has 1 aromatic rings. The Kier molecular flexibility index (Phi) is 3.65. The van der Waals surface area contributed by atoms with Gasteiger partial charge < -0.3 is 5.32 Å². The topological polar surface area (TPSA) is 12.0 Å². The summed E-state index contributed by atoms with van der Waals surface area (Å²) < 4.78 is 0. The Morgan fingerprint density at radius 2 is 2.20 bits per heavy atom. The molecule has 0 aliphatic carbocycles. The van der Waals surface area contributed by atoms with E-state index in [9.17, 15) is 0 Å². The molecule has 0 spiro atoms. The van der Waals surface area contributed by atoms with E-state index < -0.39 is 0 Å². The third kappa shape index (κ3) is 2.74. The Hall–Kier alpha value is -0.980. The van der Waals surface area contributed by atoms with Crippen molar-refractivity contribution in [1.82, 2.24) is 0 Å². The maximum Gasteiger partial charge on any atom is 0.0375 e. The van der Waals surface area contributed by atoms with Crippen LogP contribution >= 0.6 is 0 Å². The Labute approximate surface area is 92.9 Å². The van der Waals surface area contributed by atoms with Crippen LogP contribution in [0.15, 0.2) is 18.2 Å². The first-order valence-electron chi connectivity index (χ1n) is 6.26. The first-order valence-corrected chi connectivity index (χ1v) is 6.26. The smallest absolute Gasteiger partial charge is 0.0375 e. The summed E-state index contributed by atoms with van der Waals surface area (Å²) in [4.78, 5) is 0. The average molecular weight is 203 g/mol. The lowest BCUT2D eigenvalue weighted by atomic mass is 10.0. The highest BCUT2D eigenvalue weighted by molar-refractivity contribution is 5.54. The Morgan fingerprint density at radius 3 is 3.07 bits per heavy atom. The van der Waals surface area contributed by atoms with Crippen molar-refractivity contribution in [3.8, 4) is 0 Å². The standard InChI is InChI=1S/C14H21N/c1-2-3-6-12-8-9-13-7-4-5-10-15-14(13)11-12/h8-9,11,15H,2-7,10H2,1H3. The van der Waals surface area contributed by atoms with Crippen molar-refractivity contribution in [2.75, 3.05) is 11.9 Å². The predicted octanol–water partition coefficient (Wildman–Crippen LogP) is 3.78. The number of rotatable bonds is 3. The normalized spacial score (nSPS) is 15.3. The van der Waals surface area contributed by atoms with Crippen LogP contribution in [0.25, 0.3) is 0 Å². The molecule has 1 aliphatic heterocycles. The molecular weight excluding hydrogens is 182 g/mol. The number of fused-ring (bicyclic) bond motifs is 1. The van der Waals surface area contributed by atoms with Crippen LogP contribution in [-0.4, -0.2) is 6.54 Å². The van der Waals surface area contributed by atoms with E-state index in [0.717, 1.165) is 6.54 Å². The predicted molar refractivity (Wildman–Crippen MR) is 66.5 cm³/mol. The first-order chi connectivity index (χ1) is 7.40. The van der Waals surface area contributed by atoms with E-state index in [0.29, 0.717) is 0 Å². The molecule has 0 aromatic heterocycles. The molecule has 0 saturated carbocycles. The molecule has 1 aromatic carbocycles. The van der Waals surface area contributed by atoms with Crippen molar-refractivity contribution in [2.45, 2.75) is 45.4 Å². The van der Waals surface area contributed by atoms with Crippen molar-refractivity contribution < 1.29 is 0 Å². The van der Waals surface area contributed by atoms with Gasteiger partial charge in [-0.1, -0.05) is 25.5 Å². The second-order valence-corrected chi connectivity index (χ2v) is 4.48. The molecule has 0 radical (unpaired) electrons. The fourth-order valence-electron chi connectivity index (χ4n) is 2.21. The van der Waals surface area contributed by atoms with Crippen LogP contribution in [0, 0.1) is 0 Å². The third-order valence-electron chi connectivity index (χ3n) is 3.18. The van der Waals surface area contributed by atoms with Crippen LogP contribution in [0.4, 0.5) is 5.69 Å². The van der Waals surface area contributed by atoms with Crippen molar-refractivity contribution in [1.29, 1.82) is 0 Å². The van der Waals surface area contributed by atoms with E-state index in [2.05, 4.69) is 30.4 Å². The number of unbranched alkanes of at least 4 members (excludes halogenated alkanes) is 1. The summed E-state index contributed by atoms with van der Waals surface area (Å²) in [7, 11) is 0. The van der Waals surface area contributed by atoms with Gasteiger partial charge in [0.15, 0.2) is 0 Å². The Balaban J connectivity index is 2.13. The lowest BCUT2D eigenvalue weighted by Crippen LogP contribution is -2.00. The molecule has 82 valence electrons. The maximum absolute atomic E-state index is 3.54. The molecule has 15 heavy (non-hydrogen) atoms. The van der Waals surface area contributed by atoms with Gasteiger partial charge >= 0.3 is 0 Å². The highest BCUT2D eigenvalue weighted by Crippen LogP contribution is 2.23. The largest absolute Gasteiger partial charge is 0.385 e. The minimum Gasteiger partial charge on any atom is -0.385 e. The summed E-state index contributed by atoms with van der Waals surface area (Å²) in [5.74, 6) is 0. The van der Waals surface area contributed by atoms with E-state index >= 15 is 0 Å². The quantitative estimate of drug-likeness (QED) is 0.788. The van der Waals surface area contributed by atoms with Gasteiger partial charge in [-0.15, -0.1) is 0 Å². The summed E-state index contributed by atoms with van der Waals surface area (Å²) in [6.45, 7) is 3.39. The van der Waals surface area contributed by atoms with Crippen LogP contribution in [-0.2, 0) is 12.8 Å². The van der Waals surface area contributed by atoms with Crippen LogP contribution in [0.1, 0.15) is 43.7 Å². The summed E-state index contributed by atoms with van der Waals surface area (Å²) in [5.41, 5.74) is 4.39. The summed E-state index contributed by atoms with van der Waals surface area (Å²) in [5, 5.41) is 3.54. The van der Waals surface area contributed by atoms with Gasteiger partial charge in [0, 0.05) is 12.2 Å². The summed E-state index contributed by atoms with van der Waals surface area (Å²) in [6.07, 6.45) is 7.69. The van der Waals surface area contributed by atoms with Gasteiger partial charge in [-0.05, 0) is 49.3 Å². The lowest BCUT2D eigenvalue weighted by molar-refractivity contribution is 0.784. The van der Waals surface area contributed by atoms with E-state index in [1.54, 1.807) is 0 Å². The number of benzene rings is 1. The van der Waals surface area contributed by atoms with Crippen molar-refractivity contribution in [3.05, 3.63) is 29.3 Å². The third-order valence-corrected chi connectivity index (χ3v) is 3.18. The van der Waals surface area contributed by atoms with E-state index in [-0.39, 0.29) is 0 Å². The van der Waals surface area contributed by atoms with Crippen molar-refractivity contribution in [2.24, 2.45) is 0 Å². The fourth-order valence-corrected chi connectivity index (χ4v) is 2.21. The van der Waals surface area contributed by atoms with Crippen LogP contribution < -0.4 is 5.32 Å². The Morgan fingerprint density at radius 1 is 1.27 bits per heavy atom. The SMILES string of the molecule is CCCCc1ccc2c(c1)NCCCC2. The highest BCUT2D eigenvalue weighted by atomic mass is 14.9. The number of hydrogen-bond acceptors (Lipinski definition) is 1. The first kappa shape index (κ1) is 10.5. The molecule has 2 rings (SSSR count). The maximum atomic E-state index is 3.54. The van der Waals surface area contributed by atoms with Crippen molar-refractivity contribution >= 4 is 5.69 Å². The minimum absolute atomic E-state index is 1.14. The van der Waals surface area contributed by atoms with Gasteiger partial charge in [0.1, 0.15) is 0 Å². The number of nitrogens with one attached hydrogen (secondary N) is 1. The molecule has 0 saturated heterocycles. The molecule has 0 atom stereocenters. The van der Waals surface area contributed by atoms with Gasteiger partial charge in [-0.2, -0.15) is 0 Å². The lowest BCUT2D eigenvalue weighted by Gasteiger charge is -2.09. The molecule has 1 nitrogen and oxygen atoms in total. The van der Waals surface area contributed by atoms with Gasteiger partial charge in [-0.3, -0.25) is 0 Å². The monoisotopic (exact) mass is 203 g/mol. The molecule has 1 N–H and O–H groups in total. The van der Waals surface area contributed by atoms with Crippen LogP contribution in [0.5, 0.6) is 0 Å². The van der Waals surface area contributed by atoms with Gasteiger partial charge in [0.05, 0.1) is 0 Å². The number of anilines is 1. The molecule has 1 heterocycles. The fraction of sp³-hybridized carbons (Fsp3) is 0.571. The summed E-state index contributed by atoms with van der Waals surface area (Å²) in [6, 6.07) is 6.98. The van der Waals surface area contributed by atoms with Gasteiger partial charge in [-0.25, -0.2) is 0 Å².